The van der Waals surface area contributed by atoms with E-state index in [1.54, 1.807) is 6.21 Å². The number of halogens is 2. The van der Waals surface area contributed by atoms with Gasteiger partial charge in [0, 0.05) is 50.4 Å². The second-order valence-electron chi connectivity index (χ2n) is 8.19. The van der Waals surface area contributed by atoms with E-state index in [4.69, 9.17) is 9.72 Å². The summed E-state index contributed by atoms with van der Waals surface area (Å²) >= 11 is 1.47. The molecule has 0 bridgehead atoms. The van der Waals surface area contributed by atoms with Crippen molar-refractivity contribution in [2.24, 2.45) is 12.0 Å². The average molecular weight is 485 g/mol. The first kappa shape index (κ1) is 22.8. The number of aromatic nitrogens is 2. The van der Waals surface area contributed by atoms with Crippen LogP contribution >= 0.6 is 11.8 Å². The fraction of sp³-hybridized carbons (Fsp3) is 0.333. The van der Waals surface area contributed by atoms with E-state index in [2.05, 4.69) is 31.2 Å². The molecule has 3 aromatic rings. The Bertz CT molecular complexity index is 1240. The largest absolute Gasteiger partial charge is 0.379 e. The van der Waals surface area contributed by atoms with Gasteiger partial charge in [0.15, 0.2) is 5.50 Å². The Morgan fingerprint density at radius 1 is 1.18 bits per heavy atom. The number of fused-ring (bicyclic) bond motifs is 1. The monoisotopic (exact) mass is 484 g/mol. The van der Waals surface area contributed by atoms with Crippen molar-refractivity contribution in [3.63, 3.8) is 0 Å². The molecule has 34 heavy (non-hydrogen) atoms. The lowest BCUT2D eigenvalue weighted by molar-refractivity contribution is 0.0398. The van der Waals surface area contributed by atoms with Crippen molar-refractivity contribution in [1.29, 1.82) is 0 Å². The van der Waals surface area contributed by atoms with E-state index in [9.17, 15) is 8.78 Å². The van der Waals surface area contributed by atoms with Gasteiger partial charge in [0.25, 0.3) is 0 Å². The van der Waals surface area contributed by atoms with E-state index in [1.807, 2.05) is 25.3 Å². The highest BCUT2D eigenvalue weighted by atomic mass is 32.2. The Balaban J connectivity index is 1.22. The van der Waals surface area contributed by atoms with Crippen LogP contribution in [0.1, 0.15) is 5.56 Å². The molecule has 2 aliphatic heterocycles. The number of allylic oxidation sites excluding steroid dienone is 1. The Hall–Kier alpha value is -2.95. The molecule has 0 radical (unpaired) electrons. The molecule has 2 aliphatic rings. The molecule has 2 aromatic carbocycles. The summed E-state index contributed by atoms with van der Waals surface area (Å²) in [5, 5.41) is 6.43. The van der Waals surface area contributed by atoms with Crippen molar-refractivity contribution >= 4 is 46.7 Å². The molecule has 7 nitrogen and oxygen atoms in total. The lowest BCUT2D eigenvalue weighted by Gasteiger charge is -2.26. The fourth-order valence-corrected chi connectivity index (χ4v) is 4.87. The second-order valence-corrected chi connectivity index (χ2v) is 9.34. The highest BCUT2D eigenvalue weighted by molar-refractivity contribution is 8.05. The summed E-state index contributed by atoms with van der Waals surface area (Å²) in [5.74, 6) is -0.396. The molecule has 0 amide bonds. The van der Waals surface area contributed by atoms with E-state index >= 15 is 0 Å². The van der Waals surface area contributed by atoms with E-state index in [1.165, 1.54) is 23.9 Å². The molecule has 1 fully saturated rings. The number of thioether (sulfide) groups is 1. The third-order valence-corrected chi connectivity index (χ3v) is 6.78. The van der Waals surface area contributed by atoms with E-state index in [-0.39, 0.29) is 11.2 Å². The number of benzene rings is 2. The maximum Gasteiger partial charge on any atom is 0.203 e. The zero-order valence-electron chi connectivity index (χ0n) is 18.8. The average Bonchev–Trinajstić information content (AvgIpc) is 3.40. The molecule has 5 rings (SSSR count). The lowest BCUT2D eigenvalue weighted by atomic mass is 10.2. The summed E-state index contributed by atoms with van der Waals surface area (Å²) < 4.78 is 34.5. The van der Waals surface area contributed by atoms with Crippen LogP contribution in [0.4, 0.5) is 20.4 Å². The third kappa shape index (κ3) is 5.24. The number of nitrogens with one attached hydrogen (secondary N) is 2. The Morgan fingerprint density at radius 2 is 2.03 bits per heavy atom. The van der Waals surface area contributed by atoms with Gasteiger partial charge in [0.1, 0.15) is 11.6 Å². The van der Waals surface area contributed by atoms with E-state index < -0.39 is 11.6 Å². The van der Waals surface area contributed by atoms with Crippen molar-refractivity contribution in [3.05, 3.63) is 58.5 Å². The van der Waals surface area contributed by atoms with E-state index in [0.29, 0.717) is 0 Å². The quantitative estimate of drug-likeness (QED) is 0.525. The van der Waals surface area contributed by atoms with Gasteiger partial charge in [-0.15, -0.1) is 0 Å². The summed E-state index contributed by atoms with van der Waals surface area (Å²) in [5.41, 5.74) is 2.85. The molecule has 1 unspecified atom stereocenters. The van der Waals surface area contributed by atoms with Gasteiger partial charge in [-0.1, -0.05) is 17.8 Å². The van der Waals surface area contributed by atoms with Crippen molar-refractivity contribution in [2.45, 2.75) is 5.50 Å². The summed E-state index contributed by atoms with van der Waals surface area (Å²) in [6, 6.07) is 9.59. The van der Waals surface area contributed by atoms with Crippen molar-refractivity contribution in [3.8, 4) is 0 Å². The van der Waals surface area contributed by atoms with Gasteiger partial charge >= 0.3 is 0 Å². The number of hydrogen-bond donors (Lipinski definition) is 2. The molecule has 3 heterocycles. The number of rotatable bonds is 7. The molecule has 10 heteroatoms. The first-order chi connectivity index (χ1) is 16.5. The third-order valence-electron chi connectivity index (χ3n) is 5.82. The van der Waals surface area contributed by atoms with Gasteiger partial charge in [-0.25, -0.2) is 13.8 Å². The van der Waals surface area contributed by atoms with Crippen LogP contribution in [0, 0.1) is 11.6 Å². The number of aryl methyl sites for hydroxylation is 1. The Kier molecular flexibility index (Phi) is 6.80. The van der Waals surface area contributed by atoms with Gasteiger partial charge in [-0.3, -0.25) is 9.89 Å². The molecule has 0 aliphatic carbocycles. The molecule has 1 aromatic heterocycles. The highest BCUT2D eigenvalue weighted by Gasteiger charge is 2.18. The van der Waals surface area contributed by atoms with Crippen LogP contribution in [0.5, 0.6) is 0 Å². The van der Waals surface area contributed by atoms with Crippen molar-refractivity contribution < 1.29 is 13.5 Å². The highest BCUT2D eigenvalue weighted by Crippen LogP contribution is 2.31. The van der Waals surface area contributed by atoms with Crippen molar-refractivity contribution in [2.75, 3.05) is 50.0 Å². The van der Waals surface area contributed by atoms with Gasteiger partial charge in [-0.05, 0) is 35.9 Å². The number of ether oxygens (including phenoxy) is 1. The number of hydrogen-bond acceptors (Lipinski definition) is 7. The molecule has 0 saturated carbocycles. The molecule has 2 N–H and O–H groups in total. The van der Waals surface area contributed by atoms with Crippen LogP contribution in [-0.2, 0) is 11.8 Å². The maximum absolute atomic E-state index is 13.9. The molecule has 0 spiro atoms. The van der Waals surface area contributed by atoms with Gasteiger partial charge < -0.3 is 19.9 Å². The van der Waals surface area contributed by atoms with Crippen molar-refractivity contribution in [1.82, 2.24) is 14.5 Å². The summed E-state index contributed by atoms with van der Waals surface area (Å²) in [7, 11) is 2.01. The van der Waals surface area contributed by atoms with Crippen LogP contribution in [0.25, 0.3) is 17.1 Å². The number of aliphatic imine (C=N–C) groups is 1. The van der Waals surface area contributed by atoms with Crippen LogP contribution in [0.3, 0.4) is 0 Å². The number of anilines is 2. The first-order valence-corrected chi connectivity index (χ1v) is 12.1. The van der Waals surface area contributed by atoms with Crippen LogP contribution in [-0.4, -0.2) is 65.6 Å². The summed E-state index contributed by atoms with van der Waals surface area (Å²) in [6.45, 7) is 5.32. The van der Waals surface area contributed by atoms with Crippen LogP contribution in [0.15, 0.2) is 46.3 Å². The minimum Gasteiger partial charge on any atom is -0.379 e. The molecular formula is C24H26F2N6OS. The smallest absolute Gasteiger partial charge is 0.203 e. The summed E-state index contributed by atoms with van der Waals surface area (Å²) in [4.78, 5) is 12.4. The van der Waals surface area contributed by atoms with Crippen LogP contribution < -0.4 is 10.6 Å². The van der Waals surface area contributed by atoms with Gasteiger partial charge in [0.05, 0.1) is 29.9 Å². The first-order valence-electron chi connectivity index (χ1n) is 11.2. The topological polar surface area (TPSA) is 66.7 Å². The second kappa shape index (κ2) is 10.1. The summed E-state index contributed by atoms with van der Waals surface area (Å²) in [6.07, 6.45) is 3.80. The van der Waals surface area contributed by atoms with Gasteiger partial charge in [0.2, 0.25) is 5.95 Å². The lowest BCUT2D eigenvalue weighted by Crippen LogP contribution is -2.39. The Labute approximate surface area is 200 Å². The standard InChI is InChI=1S/C24H26F2N6OS/c1-31-22-13-16(2-4-21(22)29-23(31)27-6-7-32-8-10-33-11-9-32)12-18-15-28-24(34-18)30-20-5-3-17(25)14-19(20)26/h2-5,12-15,24,30H,6-11H2,1H3,(H,27,29). The fourth-order valence-electron chi connectivity index (χ4n) is 3.98. The number of morpholine rings is 1. The van der Waals surface area contributed by atoms with E-state index in [0.717, 1.165) is 72.9 Å². The molecular weight excluding hydrogens is 458 g/mol. The Morgan fingerprint density at radius 3 is 2.85 bits per heavy atom. The number of nitrogens with zero attached hydrogens (tertiary/aromatic N) is 4. The minimum atomic E-state index is -0.635. The molecule has 1 atom stereocenters. The SMILES string of the molecule is Cn1c(NCCN2CCOCC2)nc2ccc(C=C3C=NC(Nc4ccc(F)cc4F)S3)cc21. The minimum absolute atomic E-state index is 0.224. The van der Waals surface area contributed by atoms with Gasteiger partial charge in [-0.2, -0.15) is 0 Å². The zero-order valence-corrected chi connectivity index (χ0v) is 19.6. The zero-order chi connectivity index (χ0) is 23.5. The normalized spacial score (nSPS) is 19.9. The predicted octanol–water partition coefficient (Wildman–Crippen LogP) is 4.15. The molecule has 1 saturated heterocycles. The van der Waals surface area contributed by atoms with Crippen LogP contribution in [0.2, 0.25) is 0 Å². The number of imidazole rings is 1. The molecule has 178 valence electrons. The predicted molar refractivity (Wildman–Crippen MR) is 134 cm³/mol. The maximum atomic E-state index is 13.9.